The van der Waals surface area contributed by atoms with Crippen molar-refractivity contribution in [1.29, 1.82) is 0 Å². The quantitative estimate of drug-likeness (QED) is 0.868. The predicted molar refractivity (Wildman–Crippen MR) is 52.0 cm³/mol. The highest BCUT2D eigenvalue weighted by atomic mass is 19.1. The molecule has 7 heteroatoms. The minimum Gasteiger partial charge on any atom is -0.481 e. The Hall–Kier alpha value is -2.44. The van der Waals surface area contributed by atoms with E-state index in [1.165, 1.54) is 18.2 Å². The monoisotopic (exact) mass is 238 g/mol. The number of rotatable bonds is 4. The van der Waals surface area contributed by atoms with Gasteiger partial charge < -0.3 is 14.3 Å². The molecule has 0 saturated carbocycles. The maximum atomic E-state index is 13.1. The number of aromatic nitrogens is 2. The van der Waals surface area contributed by atoms with E-state index in [1.807, 2.05) is 0 Å². The number of benzene rings is 1. The molecule has 2 rings (SSSR count). The Bertz CT molecular complexity index is 541. The van der Waals surface area contributed by atoms with E-state index in [0.29, 0.717) is 0 Å². The summed E-state index contributed by atoms with van der Waals surface area (Å²) in [5.74, 6) is -2.38. The Morgan fingerprint density at radius 1 is 1.41 bits per heavy atom. The van der Waals surface area contributed by atoms with Gasteiger partial charge in [0.15, 0.2) is 18.2 Å². The molecule has 0 spiro atoms. The zero-order valence-electron chi connectivity index (χ0n) is 8.46. The molecule has 1 heterocycles. The third kappa shape index (κ3) is 2.57. The van der Waals surface area contributed by atoms with Crippen LogP contribution in [0.5, 0.6) is 5.75 Å². The number of halogens is 1. The van der Waals surface area contributed by atoms with Gasteiger partial charge in [-0.3, -0.25) is 0 Å². The van der Waals surface area contributed by atoms with Crippen LogP contribution in [0.2, 0.25) is 0 Å². The second kappa shape index (κ2) is 4.60. The number of carbonyl (C=O) groups is 1. The standard InChI is InChI=1S/C10H7FN2O4/c11-6-3-1-2-4-7(6)16-5-8-12-13-9(17-8)10(14)15/h1-4H,5H2,(H,14,15). The Labute approximate surface area is 94.7 Å². The average Bonchev–Trinajstić information content (AvgIpc) is 2.77. The van der Waals surface area contributed by atoms with E-state index >= 15 is 0 Å². The molecule has 0 amide bonds. The molecule has 1 aromatic carbocycles. The van der Waals surface area contributed by atoms with Crippen molar-refractivity contribution in [3.05, 3.63) is 41.9 Å². The molecular formula is C10H7FN2O4. The van der Waals surface area contributed by atoms with Crippen molar-refractivity contribution in [2.24, 2.45) is 0 Å². The van der Waals surface area contributed by atoms with Crippen LogP contribution in [0, 0.1) is 5.82 Å². The van der Waals surface area contributed by atoms with Crippen LogP contribution in [0.3, 0.4) is 0 Å². The van der Waals surface area contributed by atoms with Crippen LogP contribution in [0.25, 0.3) is 0 Å². The van der Waals surface area contributed by atoms with E-state index < -0.39 is 17.7 Å². The summed E-state index contributed by atoms with van der Waals surface area (Å²) in [4.78, 5) is 10.4. The number of carboxylic acids is 1. The first-order valence-electron chi connectivity index (χ1n) is 4.60. The van der Waals surface area contributed by atoms with Crippen LogP contribution in [-0.2, 0) is 6.61 Å². The minimum atomic E-state index is -1.32. The lowest BCUT2D eigenvalue weighted by atomic mass is 10.3. The number of aromatic carboxylic acids is 1. The zero-order chi connectivity index (χ0) is 12.3. The molecule has 0 saturated heterocycles. The van der Waals surface area contributed by atoms with Crippen molar-refractivity contribution in [3.8, 4) is 5.75 Å². The smallest absolute Gasteiger partial charge is 0.393 e. The first-order chi connectivity index (χ1) is 8.16. The van der Waals surface area contributed by atoms with Crippen LogP contribution >= 0.6 is 0 Å². The fourth-order valence-electron chi connectivity index (χ4n) is 1.10. The van der Waals surface area contributed by atoms with Crippen LogP contribution in [0.1, 0.15) is 16.6 Å². The van der Waals surface area contributed by atoms with E-state index in [-0.39, 0.29) is 18.2 Å². The van der Waals surface area contributed by atoms with Crippen molar-refractivity contribution in [1.82, 2.24) is 10.2 Å². The van der Waals surface area contributed by atoms with Crippen molar-refractivity contribution in [3.63, 3.8) is 0 Å². The number of hydrogen-bond donors (Lipinski definition) is 1. The molecule has 2 aromatic rings. The lowest BCUT2D eigenvalue weighted by Gasteiger charge is -2.03. The van der Waals surface area contributed by atoms with Gasteiger partial charge in [0.25, 0.3) is 5.89 Å². The van der Waals surface area contributed by atoms with E-state index in [4.69, 9.17) is 14.3 Å². The first kappa shape index (κ1) is 11.1. The van der Waals surface area contributed by atoms with Gasteiger partial charge in [0.2, 0.25) is 0 Å². The van der Waals surface area contributed by atoms with Gasteiger partial charge in [-0.15, -0.1) is 10.2 Å². The highest BCUT2D eigenvalue weighted by molar-refractivity contribution is 5.81. The molecule has 0 atom stereocenters. The highest BCUT2D eigenvalue weighted by Gasteiger charge is 2.13. The summed E-state index contributed by atoms with van der Waals surface area (Å²) in [5.41, 5.74) is 0. The summed E-state index contributed by atoms with van der Waals surface area (Å²) >= 11 is 0. The number of para-hydroxylation sites is 1. The summed E-state index contributed by atoms with van der Waals surface area (Å²) in [6.45, 7) is -0.193. The van der Waals surface area contributed by atoms with Crippen molar-refractivity contribution in [2.45, 2.75) is 6.61 Å². The summed E-state index contributed by atoms with van der Waals surface area (Å²) < 4.78 is 22.9. The summed E-state index contributed by atoms with van der Waals surface area (Å²) in [6.07, 6.45) is 0. The number of hydrogen-bond acceptors (Lipinski definition) is 5. The van der Waals surface area contributed by atoms with Crippen molar-refractivity contribution in [2.75, 3.05) is 0 Å². The topological polar surface area (TPSA) is 85.5 Å². The van der Waals surface area contributed by atoms with Gasteiger partial charge in [0.05, 0.1) is 0 Å². The second-order valence-corrected chi connectivity index (χ2v) is 3.03. The molecule has 0 radical (unpaired) electrons. The van der Waals surface area contributed by atoms with Gasteiger partial charge in [-0.05, 0) is 12.1 Å². The third-order valence-corrected chi connectivity index (χ3v) is 1.84. The molecular weight excluding hydrogens is 231 g/mol. The Morgan fingerprint density at radius 2 is 2.18 bits per heavy atom. The van der Waals surface area contributed by atoms with Gasteiger partial charge in [-0.25, -0.2) is 9.18 Å². The summed E-state index contributed by atoms with van der Waals surface area (Å²) in [7, 11) is 0. The van der Waals surface area contributed by atoms with Gasteiger partial charge in [-0.1, -0.05) is 12.1 Å². The van der Waals surface area contributed by atoms with Crippen molar-refractivity contribution >= 4 is 5.97 Å². The molecule has 1 aromatic heterocycles. The van der Waals surface area contributed by atoms with Crippen molar-refractivity contribution < 1.29 is 23.4 Å². The Morgan fingerprint density at radius 3 is 2.82 bits per heavy atom. The van der Waals surface area contributed by atoms with Crippen LogP contribution in [0.15, 0.2) is 28.7 Å². The van der Waals surface area contributed by atoms with Crippen LogP contribution < -0.4 is 4.74 Å². The molecule has 6 nitrogen and oxygen atoms in total. The Balaban J connectivity index is 2.02. The molecule has 88 valence electrons. The normalized spacial score (nSPS) is 10.2. The molecule has 0 fully saturated rings. The largest absolute Gasteiger partial charge is 0.481 e. The fraction of sp³-hybridized carbons (Fsp3) is 0.100. The third-order valence-electron chi connectivity index (χ3n) is 1.84. The Kier molecular flexibility index (Phi) is 2.99. The molecule has 17 heavy (non-hydrogen) atoms. The average molecular weight is 238 g/mol. The molecule has 0 aliphatic heterocycles. The first-order valence-corrected chi connectivity index (χ1v) is 4.60. The molecule has 1 N–H and O–H groups in total. The lowest BCUT2D eigenvalue weighted by molar-refractivity contribution is 0.0649. The van der Waals surface area contributed by atoms with E-state index in [1.54, 1.807) is 6.07 Å². The summed E-state index contributed by atoms with van der Waals surface area (Å²) in [5, 5.41) is 15.2. The molecule has 0 unspecified atom stereocenters. The SMILES string of the molecule is O=C(O)c1nnc(COc2ccccc2F)o1. The van der Waals surface area contributed by atoms with Gasteiger partial charge in [-0.2, -0.15) is 0 Å². The highest BCUT2D eigenvalue weighted by Crippen LogP contribution is 2.16. The van der Waals surface area contributed by atoms with Gasteiger partial charge in [0.1, 0.15) is 0 Å². The maximum Gasteiger partial charge on any atom is 0.393 e. The lowest BCUT2D eigenvalue weighted by Crippen LogP contribution is -1.97. The molecule has 0 aliphatic rings. The minimum absolute atomic E-state index is 0.0302. The molecule has 0 bridgehead atoms. The number of carboxylic acid groups (broad SMARTS) is 1. The van der Waals surface area contributed by atoms with E-state index in [0.717, 1.165) is 0 Å². The zero-order valence-corrected chi connectivity index (χ0v) is 8.46. The van der Waals surface area contributed by atoms with Crippen LogP contribution in [-0.4, -0.2) is 21.3 Å². The number of nitrogens with zero attached hydrogens (tertiary/aromatic N) is 2. The maximum absolute atomic E-state index is 13.1. The van der Waals surface area contributed by atoms with Crippen LogP contribution in [0.4, 0.5) is 4.39 Å². The summed E-state index contributed by atoms with van der Waals surface area (Å²) in [6, 6.07) is 5.81. The predicted octanol–water partition coefficient (Wildman–Crippen LogP) is 1.49. The van der Waals surface area contributed by atoms with Gasteiger partial charge in [0, 0.05) is 0 Å². The number of ether oxygens (including phenoxy) is 1. The molecule has 0 aliphatic carbocycles. The van der Waals surface area contributed by atoms with Gasteiger partial charge >= 0.3 is 11.9 Å². The fourth-order valence-corrected chi connectivity index (χ4v) is 1.10. The van der Waals surface area contributed by atoms with E-state index in [9.17, 15) is 9.18 Å². The van der Waals surface area contributed by atoms with E-state index in [2.05, 4.69) is 10.2 Å². The second-order valence-electron chi connectivity index (χ2n) is 3.03.